The van der Waals surface area contributed by atoms with Crippen LogP contribution in [0.2, 0.25) is 0 Å². The number of ether oxygens (including phenoxy) is 3. The van der Waals surface area contributed by atoms with Crippen molar-refractivity contribution in [3.05, 3.63) is 29.8 Å². The molecule has 0 N–H and O–H groups in total. The molecule has 122 valence electrons. The third kappa shape index (κ3) is 4.45. The van der Waals surface area contributed by atoms with Gasteiger partial charge in [0.15, 0.2) is 0 Å². The zero-order valence-corrected chi connectivity index (χ0v) is 13.4. The lowest BCUT2D eigenvalue weighted by atomic mass is 10.0. The molecule has 5 heteroatoms. The number of rotatable bonds is 8. The Morgan fingerprint density at radius 3 is 2.86 bits per heavy atom. The first kappa shape index (κ1) is 16.8. The summed E-state index contributed by atoms with van der Waals surface area (Å²) in [5, 5.41) is 0. The van der Waals surface area contributed by atoms with Crippen LogP contribution in [0.15, 0.2) is 24.3 Å². The summed E-state index contributed by atoms with van der Waals surface area (Å²) in [6.45, 7) is 1.91. The van der Waals surface area contributed by atoms with E-state index in [-0.39, 0.29) is 18.6 Å². The van der Waals surface area contributed by atoms with Crippen molar-refractivity contribution < 1.29 is 19.0 Å². The molecule has 0 spiro atoms. The monoisotopic (exact) mass is 307 g/mol. The minimum Gasteiger partial charge on any atom is -0.496 e. The Kier molecular flexibility index (Phi) is 6.68. The van der Waals surface area contributed by atoms with Gasteiger partial charge in [-0.1, -0.05) is 18.2 Å². The predicted octanol–water partition coefficient (Wildman–Crippen LogP) is 1.89. The lowest BCUT2D eigenvalue weighted by Crippen LogP contribution is -2.39. The van der Waals surface area contributed by atoms with Crippen LogP contribution in [0.3, 0.4) is 0 Å². The van der Waals surface area contributed by atoms with Crippen LogP contribution in [-0.2, 0) is 20.7 Å². The van der Waals surface area contributed by atoms with Gasteiger partial charge in [-0.2, -0.15) is 0 Å². The second-order valence-electron chi connectivity index (χ2n) is 5.44. The zero-order chi connectivity index (χ0) is 15.8. The average molecular weight is 307 g/mol. The molecular formula is C17H25NO4. The Bertz CT molecular complexity index is 477. The number of nitrogens with zero attached hydrogens (tertiary/aromatic N) is 1. The maximum atomic E-state index is 12.3. The van der Waals surface area contributed by atoms with Crippen LogP contribution in [0.5, 0.6) is 5.75 Å². The van der Waals surface area contributed by atoms with Gasteiger partial charge in [-0.3, -0.25) is 4.79 Å². The molecule has 0 radical (unpaired) electrons. The molecule has 1 amide bonds. The topological polar surface area (TPSA) is 48.0 Å². The average Bonchev–Trinajstić information content (AvgIpc) is 3.00. The third-order valence-corrected chi connectivity index (χ3v) is 4.00. The summed E-state index contributed by atoms with van der Waals surface area (Å²) in [6, 6.07) is 8.23. The molecule has 0 unspecified atom stereocenters. The largest absolute Gasteiger partial charge is 0.496 e. The Balaban J connectivity index is 1.91. The van der Waals surface area contributed by atoms with Gasteiger partial charge in [-0.25, -0.2) is 0 Å². The van der Waals surface area contributed by atoms with Crippen LogP contribution in [0, 0.1) is 0 Å². The van der Waals surface area contributed by atoms with Gasteiger partial charge in [0.2, 0.25) is 5.91 Å². The molecule has 1 saturated heterocycles. The number of likely N-dealkylation sites (tertiary alicyclic amines) is 1. The number of carbonyl (C=O) groups excluding carboxylic acids is 1. The molecule has 1 aromatic rings. The maximum absolute atomic E-state index is 12.3. The predicted molar refractivity (Wildman–Crippen MR) is 84.1 cm³/mol. The molecule has 0 saturated carbocycles. The molecule has 1 aliphatic heterocycles. The Hall–Kier alpha value is -1.59. The summed E-state index contributed by atoms with van der Waals surface area (Å²) in [7, 11) is 3.30. The molecule has 2 rings (SSSR count). The van der Waals surface area contributed by atoms with Gasteiger partial charge >= 0.3 is 0 Å². The summed E-state index contributed by atoms with van der Waals surface area (Å²) in [6.07, 6.45) is 2.90. The van der Waals surface area contributed by atoms with Crippen molar-refractivity contribution in [1.82, 2.24) is 4.90 Å². The number of methoxy groups -OCH3 is 2. The fraction of sp³-hybridized carbons (Fsp3) is 0.588. The first-order valence-corrected chi connectivity index (χ1v) is 7.74. The van der Waals surface area contributed by atoms with Crippen LogP contribution < -0.4 is 4.74 Å². The van der Waals surface area contributed by atoms with Gasteiger partial charge in [-0.05, 0) is 30.9 Å². The number of hydrogen-bond donors (Lipinski definition) is 0. The highest BCUT2D eigenvalue weighted by Crippen LogP contribution is 2.26. The number of carbonyl (C=O) groups is 1. The first-order chi connectivity index (χ1) is 10.8. The van der Waals surface area contributed by atoms with E-state index in [9.17, 15) is 4.79 Å². The molecule has 1 fully saturated rings. The smallest absolute Gasteiger partial charge is 0.248 e. The van der Waals surface area contributed by atoms with Crippen molar-refractivity contribution in [3.8, 4) is 5.75 Å². The number of para-hydroxylation sites is 1. The van der Waals surface area contributed by atoms with E-state index >= 15 is 0 Å². The highest BCUT2D eigenvalue weighted by atomic mass is 16.5. The van der Waals surface area contributed by atoms with Crippen LogP contribution in [0.1, 0.15) is 18.4 Å². The standard InChI is InChI=1S/C17H25NO4/c1-20-10-11-22-13-17(19)18-9-5-7-15(18)12-14-6-3-4-8-16(14)21-2/h3-4,6,8,15H,5,7,9-13H2,1-2H3/t15-/m1/s1. The maximum Gasteiger partial charge on any atom is 0.248 e. The zero-order valence-electron chi connectivity index (χ0n) is 13.4. The van der Waals surface area contributed by atoms with Crippen LogP contribution in [-0.4, -0.2) is 57.4 Å². The van der Waals surface area contributed by atoms with Crippen molar-refractivity contribution in [2.24, 2.45) is 0 Å². The van der Waals surface area contributed by atoms with Crippen molar-refractivity contribution in [1.29, 1.82) is 0 Å². The summed E-state index contributed by atoms with van der Waals surface area (Å²) >= 11 is 0. The van der Waals surface area contributed by atoms with Crippen molar-refractivity contribution in [3.63, 3.8) is 0 Å². The van der Waals surface area contributed by atoms with E-state index in [0.717, 1.165) is 37.1 Å². The molecule has 0 aliphatic carbocycles. The number of benzene rings is 1. The van der Waals surface area contributed by atoms with Crippen molar-refractivity contribution >= 4 is 5.91 Å². The third-order valence-electron chi connectivity index (χ3n) is 4.00. The van der Waals surface area contributed by atoms with E-state index < -0.39 is 0 Å². The highest BCUT2D eigenvalue weighted by molar-refractivity contribution is 5.78. The molecule has 1 atom stereocenters. The van der Waals surface area contributed by atoms with E-state index in [1.54, 1.807) is 14.2 Å². The molecule has 22 heavy (non-hydrogen) atoms. The minimum absolute atomic E-state index is 0.0634. The van der Waals surface area contributed by atoms with Crippen LogP contribution in [0.4, 0.5) is 0 Å². The first-order valence-electron chi connectivity index (χ1n) is 7.74. The lowest BCUT2D eigenvalue weighted by molar-refractivity contribution is -0.137. The molecular weight excluding hydrogens is 282 g/mol. The van der Waals surface area contributed by atoms with Crippen LogP contribution in [0.25, 0.3) is 0 Å². The molecule has 1 heterocycles. The quantitative estimate of drug-likeness (QED) is 0.688. The summed E-state index contributed by atoms with van der Waals surface area (Å²) in [5.74, 6) is 0.951. The Morgan fingerprint density at radius 2 is 2.09 bits per heavy atom. The van der Waals surface area contributed by atoms with E-state index in [0.29, 0.717) is 13.2 Å². The van der Waals surface area contributed by atoms with Crippen molar-refractivity contribution in [2.75, 3.05) is 40.6 Å². The normalized spacial score (nSPS) is 17.7. The van der Waals surface area contributed by atoms with Gasteiger partial charge in [-0.15, -0.1) is 0 Å². The second kappa shape index (κ2) is 8.76. The van der Waals surface area contributed by atoms with Gasteiger partial charge in [0, 0.05) is 19.7 Å². The number of amides is 1. The van der Waals surface area contributed by atoms with E-state index in [1.165, 1.54) is 0 Å². The van der Waals surface area contributed by atoms with Gasteiger partial charge in [0.25, 0.3) is 0 Å². The fourth-order valence-corrected chi connectivity index (χ4v) is 2.89. The Morgan fingerprint density at radius 1 is 1.27 bits per heavy atom. The van der Waals surface area contributed by atoms with Gasteiger partial charge < -0.3 is 19.1 Å². The molecule has 1 aliphatic rings. The van der Waals surface area contributed by atoms with Gasteiger partial charge in [0.05, 0.1) is 20.3 Å². The fourth-order valence-electron chi connectivity index (χ4n) is 2.89. The van der Waals surface area contributed by atoms with Gasteiger partial charge in [0.1, 0.15) is 12.4 Å². The Labute approximate surface area is 132 Å². The van der Waals surface area contributed by atoms with Crippen LogP contribution >= 0.6 is 0 Å². The molecule has 0 aromatic heterocycles. The van der Waals surface area contributed by atoms with Crippen molar-refractivity contribution in [2.45, 2.75) is 25.3 Å². The highest BCUT2D eigenvalue weighted by Gasteiger charge is 2.29. The lowest BCUT2D eigenvalue weighted by Gasteiger charge is -2.25. The molecule has 0 bridgehead atoms. The number of hydrogen-bond acceptors (Lipinski definition) is 4. The molecule has 1 aromatic carbocycles. The summed E-state index contributed by atoms with van der Waals surface area (Å²) < 4.78 is 15.7. The van der Waals surface area contributed by atoms with E-state index in [2.05, 4.69) is 6.07 Å². The minimum atomic E-state index is 0.0634. The van der Waals surface area contributed by atoms with E-state index in [1.807, 2.05) is 23.1 Å². The van der Waals surface area contributed by atoms with E-state index in [4.69, 9.17) is 14.2 Å². The second-order valence-corrected chi connectivity index (χ2v) is 5.44. The molecule has 5 nitrogen and oxygen atoms in total. The summed E-state index contributed by atoms with van der Waals surface area (Å²) in [4.78, 5) is 14.2. The SMILES string of the molecule is COCCOCC(=O)N1CCC[C@@H]1Cc1ccccc1OC. The summed E-state index contributed by atoms with van der Waals surface area (Å²) in [5.41, 5.74) is 1.15.